The molecule has 2 aromatic carbocycles. The highest BCUT2D eigenvalue weighted by atomic mass is 16.1. The van der Waals surface area contributed by atoms with Gasteiger partial charge in [-0.05, 0) is 43.5 Å². The fraction of sp³-hybridized carbons (Fsp3) is 0.217. The maximum absolute atomic E-state index is 12.8. The van der Waals surface area contributed by atoms with E-state index >= 15 is 0 Å². The third-order valence-electron chi connectivity index (χ3n) is 5.21. The molecule has 0 aliphatic heterocycles. The summed E-state index contributed by atoms with van der Waals surface area (Å²) in [7, 11) is 0. The molecule has 4 aromatic rings. The molecule has 6 heteroatoms. The van der Waals surface area contributed by atoms with Gasteiger partial charge in [-0.3, -0.25) is 9.78 Å². The summed E-state index contributed by atoms with van der Waals surface area (Å²) in [4.78, 5) is 22.0. The van der Waals surface area contributed by atoms with Gasteiger partial charge in [0.15, 0.2) is 5.82 Å². The molecule has 1 aliphatic rings. The molecule has 1 N–H and O–H groups in total. The number of rotatable bonds is 5. The number of carbonyl (C=O) groups excluding carboxylic acids is 1. The molecule has 6 nitrogen and oxygen atoms in total. The topological polar surface area (TPSA) is 72.7 Å². The van der Waals surface area contributed by atoms with Crippen LogP contribution in [0, 0.1) is 6.92 Å². The van der Waals surface area contributed by atoms with Crippen LogP contribution in [0.25, 0.3) is 16.6 Å². The average molecular weight is 383 g/mol. The number of amides is 1. The number of para-hydroxylation sites is 2. The van der Waals surface area contributed by atoms with E-state index < -0.39 is 0 Å². The zero-order chi connectivity index (χ0) is 19.8. The molecule has 144 valence electrons. The number of nitrogens with one attached hydrogen (secondary N) is 1. The van der Waals surface area contributed by atoms with Gasteiger partial charge in [-0.2, -0.15) is 5.10 Å². The monoisotopic (exact) mass is 383 g/mol. The van der Waals surface area contributed by atoms with Crippen molar-refractivity contribution < 1.29 is 4.79 Å². The molecule has 2 heterocycles. The van der Waals surface area contributed by atoms with E-state index in [9.17, 15) is 4.79 Å². The molecule has 0 unspecified atom stereocenters. The van der Waals surface area contributed by atoms with E-state index in [4.69, 9.17) is 10.1 Å². The van der Waals surface area contributed by atoms with Crippen LogP contribution in [0.2, 0.25) is 0 Å². The second kappa shape index (κ2) is 7.13. The molecule has 1 aliphatic carbocycles. The van der Waals surface area contributed by atoms with Crippen LogP contribution in [-0.4, -0.2) is 25.7 Å². The van der Waals surface area contributed by atoms with E-state index in [2.05, 4.69) is 10.3 Å². The first-order valence-electron chi connectivity index (χ1n) is 9.84. The third-order valence-corrected chi connectivity index (χ3v) is 5.21. The van der Waals surface area contributed by atoms with E-state index in [0.29, 0.717) is 11.7 Å². The Morgan fingerprint density at radius 2 is 1.93 bits per heavy atom. The lowest BCUT2D eigenvalue weighted by molar-refractivity contribution is -0.115. The SMILES string of the molecule is Cc1ccccc1NC(=O)Cc1nc(C2CC2)nn1-c1cccc2cccnc12. The standard InChI is InChI=1S/C23H21N5O/c1-15-6-2-3-9-18(15)25-21(29)14-20-26-23(17-11-12-17)27-28(20)19-10-4-7-16-8-5-13-24-22(16)19/h2-10,13,17H,11-12,14H2,1H3,(H,25,29). The zero-order valence-electron chi connectivity index (χ0n) is 16.2. The lowest BCUT2D eigenvalue weighted by atomic mass is 10.2. The summed E-state index contributed by atoms with van der Waals surface area (Å²) in [5, 5.41) is 8.78. The van der Waals surface area contributed by atoms with E-state index in [1.165, 1.54) is 0 Å². The number of aryl methyl sites for hydroxylation is 1. The highest BCUT2D eigenvalue weighted by molar-refractivity contribution is 5.93. The van der Waals surface area contributed by atoms with Gasteiger partial charge >= 0.3 is 0 Å². The van der Waals surface area contributed by atoms with Crippen LogP contribution in [0.5, 0.6) is 0 Å². The number of aromatic nitrogens is 4. The quantitative estimate of drug-likeness (QED) is 0.561. The largest absolute Gasteiger partial charge is 0.325 e. The van der Waals surface area contributed by atoms with Crippen LogP contribution < -0.4 is 5.32 Å². The van der Waals surface area contributed by atoms with Gasteiger partial charge in [-0.1, -0.05) is 36.4 Å². The molecule has 29 heavy (non-hydrogen) atoms. The lowest BCUT2D eigenvalue weighted by Gasteiger charge is -2.10. The molecular formula is C23H21N5O. The average Bonchev–Trinajstić information content (AvgIpc) is 3.50. The summed E-state index contributed by atoms with van der Waals surface area (Å²) in [6.45, 7) is 1.98. The van der Waals surface area contributed by atoms with Crippen LogP contribution in [0.4, 0.5) is 5.69 Å². The molecule has 1 fully saturated rings. The summed E-state index contributed by atoms with van der Waals surface area (Å²) in [5.74, 6) is 1.74. The fourth-order valence-electron chi connectivity index (χ4n) is 3.49. The number of carbonyl (C=O) groups is 1. The molecular weight excluding hydrogens is 362 g/mol. The Morgan fingerprint density at radius 3 is 2.76 bits per heavy atom. The van der Waals surface area contributed by atoms with Gasteiger partial charge in [-0.25, -0.2) is 9.67 Å². The van der Waals surface area contributed by atoms with Crippen molar-refractivity contribution in [1.82, 2.24) is 19.7 Å². The normalized spacial score (nSPS) is 13.6. The summed E-state index contributed by atoms with van der Waals surface area (Å²) in [5.41, 5.74) is 3.54. The van der Waals surface area contributed by atoms with Crippen LogP contribution in [-0.2, 0) is 11.2 Å². The predicted molar refractivity (Wildman–Crippen MR) is 112 cm³/mol. The smallest absolute Gasteiger partial charge is 0.232 e. The van der Waals surface area contributed by atoms with Crippen molar-refractivity contribution >= 4 is 22.5 Å². The Morgan fingerprint density at radius 1 is 1.10 bits per heavy atom. The van der Waals surface area contributed by atoms with Crippen LogP contribution >= 0.6 is 0 Å². The highest BCUT2D eigenvalue weighted by Gasteiger charge is 2.30. The van der Waals surface area contributed by atoms with Gasteiger partial charge < -0.3 is 5.32 Å². The van der Waals surface area contributed by atoms with Crippen molar-refractivity contribution in [3.8, 4) is 5.69 Å². The number of fused-ring (bicyclic) bond motifs is 1. The zero-order valence-corrected chi connectivity index (χ0v) is 16.2. The molecule has 0 bridgehead atoms. The Bertz CT molecular complexity index is 1200. The fourth-order valence-corrected chi connectivity index (χ4v) is 3.49. The molecule has 5 rings (SSSR count). The van der Waals surface area contributed by atoms with Crippen LogP contribution in [0.3, 0.4) is 0 Å². The minimum atomic E-state index is -0.108. The first kappa shape index (κ1) is 17.6. The minimum absolute atomic E-state index is 0.108. The molecule has 0 spiro atoms. The lowest BCUT2D eigenvalue weighted by Crippen LogP contribution is -2.18. The highest BCUT2D eigenvalue weighted by Crippen LogP contribution is 2.38. The number of hydrogen-bond donors (Lipinski definition) is 1. The Kier molecular flexibility index (Phi) is 4.31. The van der Waals surface area contributed by atoms with E-state index in [1.54, 1.807) is 10.9 Å². The van der Waals surface area contributed by atoms with Crippen molar-refractivity contribution in [2.24, 2.45) is 0 Å². The number of benzene rings is 2. The van der Waals surface area contributed by atoms with E-state index in [0.717, 1.165) is 46.5 Å². The molecule has 0 saturated heterocycles. The molecule has 2 aromatic heterocycles. The van der Waals surface area contributed by atoms with Crippen molar-refractivity contribution in [3.05, 3.63) is 78.0 Å². The Balaban J connectivity index is 1.51. The maximum atomic E-state index is 12.8. The first-order valence-corrected chi connectivity index (χ1v) is 9.84. The van der Waals surface area contributed by atoms with Gasteiger partial charge in [0.1, 0.15) is 5.82 Å². The van der Waals surface area contributed by atoms with Crippen molar-refractivity contribution in [2.75, 3.05) is 5.32 Å². The van der Waals surface area contributed by atoms with Gasteiger partial charge in [0, 0.05) is 23.2 Å². The summed E-state index contributed by atoms with van der Waals surface area (Å²) < 4.78 is 1.79. The molecule has 1 amide bonds. The molecule has 0 radical (unpaired) electrons. The Labute approximate surface area is 168 Å². The predicted octanol–water partition coefficient (Wildman–Crippen LogP) is 4.18. The second-order valence-electron chi connectivity index (χ2n) is 7.46. The van der Waals surface area contributed by atoms with E-state index in [1.807, 2.05) is 61.5 Å². The second-order valence-corrected chi connectivity index (χ2v) is 7.46. The van der Waals surface area contributed by atoms with Crippen LogP contribution in [0.15, 0.2) is 60.8 Å². The van der Waals surface area contributed by atoms with Gasteiger partial charge in [0.05, 0.1) is 17.6 Å². The molecule has 1 saturated carbocycles. The first-order chi connectivity index (χ1) is 14.2. The van der Waals surface area contributed by atoms with Crippen LogP contribution in [0.1, 0.15) is 36.0 Å². The summed E-state index contributed by atoms with van der Waals surface area (Å²) in [6, 6.07) is 17.7. The Hall–Kier alpha value is -3.54. The third kappa shape index (κ3) is 3.49. The van der Waals surface area contributed by atoms with Crippen molar-refractivity contribution in [2.45, 2.75) is 32.1 Å². The van der Waals surface area contributed by atoms with E-state index in [-0.39, 0.29) is 12.3 Å². The minimum Gasteiger partial charge on any atom is -0.325 e. The number of anilines is 1. The van der Waals surface area contributed by atoms with Crippen molar-refractivity contribution in [1.29, 1.82) is 0 Å². The molecule has 0 atom stereocenters. The maximum Gasteiger partial charge on any atom is 0.232 e. The van der Waals surface area contributed by atoms with Gasteiger partial charge in [0.25, 0.3) is 0 Å². The number of pyridine rings is 1. The number of nitrogens with zero attached hydrogens (tertiary/aromatic N) is 4. The summed E-state index contributed by atoms with van der Waals surface area (Å²) >= 11 is 0. The van der Waals surface area contributed by atoms with Gasteiger partial charge in [-0.15, -0.1) is 0 Å². The van der Waals surface area contributed by atoms with Gasteiger partial charge in [0.2, 0.25) is 5.91 Å². The number of hydrogen-bond acceptors (Lipinski definition) is 4. The van der Waals surface area contributed by atoms with Crippen molar-refractivity contribution in [3.63, 3.8) is 0 Å². The summed E-state index contributed by atoms with van der Waals surface area (Å²) in [6.07, 6.45) is 4.13.